The number of carbonyl (C=O) groups is 1. The summed E-state index contributed by atoms with van der Waals surface area (Å²) < 4.78 is 0. The van der Waals surface area contributed by atoms with Gasteiger partial charge >= 0.3 is 0 Å². The Morgan fingerprint density at radius 1 is 1.24 bits per heavy atom. The van der Waals surface area contributed by atoms with Crippen LogP contribution in [0.4, 0.5) is 0 Å². The number of rotatable bonds is 2. The average Bonchev–Trinajstić information content (AvgIpc) is 2.31. The van der Waals surface area contributed by atoms with Crippen LogP contribution in [0, 0.1) is 5.41 Å². The smallest absolute Gasteiger partial charge is 0.144 e. The molecule has 2 saturated heterocycles. The third-order valence-corrected chi connectivity index (χ3v) is 3.89. The minimum Gasteiger partial charge on any atom is -0.315 e. The third kappa shape index (κ3) is 2.01. The van der Waals surface area contributed by atoms with Gasteiger partial charge in [0.05, 0.1) is 5.41 Å². The van der Waals surface area contributed by atoms with Gasteiger partial charge in [0.25, 0.3) is 0 Å². The van der Waals surface area contributed by atoms with Gasteiger partial charge in [0, 0.05) is 39.1 Å². The highest BCUT2D eigenvalue weighted by Gasteiger charge is 2.49. The fourth-order valence-electron chi connectivity index (χ4n) is 2.94. The van der Waals surface area contributed by atoms with E-state index in [-0.39, 0.29) is 5.41 Å². The summed E-state index contributed by atoms with van der Waals surface area (Å²) >= 11 is 0. The molecule has 0 amide bonds. The summed E-state index contributed by atoms with van der Waals surface area (Å²) in [4.78, 5) is 14.3. The maximum atomic E-state index is 11.9. The molecule has 90 valence electrons. The van der Waals surface area contributed by atoms with Gasteiger partial charge < -0.3 is 5.32 Å². The molecule has 1 N–H and O–H groups in total. The van der Waals surface area contributed by atoms with Crippen LogP contribution >= 0.6 is 0 Å². The lowest BCUT2D eigenvalue weighted by molar-refractivity contribution is -0.142. The predicted molar refractivity (Wildman–Crippen MR) is 66.6 cm³/mol. The predicted octanol–water partition coefficient (Wildman–Crippen LogP) is 1.05. The van der Waals surface area contributed by atoms with Crippen LogP contribution < -0.4 is 5.32 Å². The van der Waals surface area contributed by atoms with E-state index in [1.54, 1.807) is 0 Å². The number of carbonyl (C=O) groups excluding carboxylic acids is 1. The van der Waals surface area contributed by atoms with Crippen molar-refractivity contribution in [1.82, 2.24) is 10.2 Å². The Balaban J connectivity index is 1.59. The molecule has 2 fully saturated rings. The van der Waals surface area contributed by atoms with E-state index >= 15 is 0 Å². The van der Waals surface area contributed by atoms with Crippen LogP contribution in [0.5, 0.6) is 0 Å². The molecule has 0 saturated carbocycles. The van der Waals surface area contributed by atoms with Crippen molar-refractivity contribution < 1.29 is 4.79 Å². The standard InChI is InChI=1S/C14H18N2O/c17-13-6-7-15-9-14(13)10-16(11-14)8-12-4-2-1-3-5-12/h1-5,15H,6-11H2. The first-order valence-electron chi connectivity index (χ1n) is 6.29. The van der Waals surface area contributed by atoms with E-state index < -0.39 is 0 Å². The number of hydrogen-bond acceptors (Lipinski definition) is 3. The van der Waals surface area contributed by atoms with Crippen LogP contribution in [-0.2, 0) is 11.3 Å². The van der Waals surface area contributed by atoms with Crippen LogP contribution in [0.2, 0.25) is 0 Å². The maximum Gasteiger partial charge on any atom is 0.144 e. The first kappa shape index (κ1) is 10.9. The van der Waals surface area contributed by atoms with Crippen LogP contribution in [0.3, 0.4) is 0 Å². The summed E-state index contributed by atoms with van der Waals surface area (Å²) in [6.45, 7) is 4.55. The number of piperidine rings is 1. The minimum absolute atomic E-state index is 0.0625. The summed E-state index contributed by atoms with van der Waals surface area (Å²) in [6.07, 6.45) is 0.708. The molecule has 0 aromatic heterocycles. The summed E-state index contributed by atoms with van der Waals surface area (Å²) in [5, 5.41) is 3.34. The molecule has 0 atom stereocenters. The Kier molecular flexibility index (Phi) is 2.73. The van der Waals surface area contributed by atoms with Gasteiger partial charge in [-0.2, -0.15) is 0 Å². The van der Waals surface area contributed by atoms with E-state index in [0.717, 1.165) is 32.7 Å². The average molecular weight is 230 g/mol. The monoisotopic (exact) mass is 230 g/mol. The molecule has 0 aliphatic carbocycles. The van der Waals surface area contributed by atoms with Crippen molar-refractivity contribution in [3.05, 3.63) is 35.9 Å². The van der Waals surface area contributed by atoms with Gasteiger partial charge in [-0.3, -0.25) is 9.69 Å². The molecule has 3 nitrogen and oxygen atoms in total. The normalized spacial score (nSPS) is 23.6. The second-order valence-electron chi connectivity index (χ2n) is 5.26. The number of benzene rings is 1. The molecule has 2 heterocycles. The van der Waals surface area contributed by atoms with E-state index in [2.05, 4.69) is 34.5 Å². The minimum atomic E-state index is -0.0625. The molecular weight excluding hydrogens is 212 g/mol. The van der Waals surface area contributed by atoms with Crippen molar-refractivity contribution in [3.63, 3.8) is 0 Å². The van der Waals surface area contributed by atoms with Gasteiger partial charge in [-0.05, 0) is 5.56 Å². The number of Topliss-reactive ketones (excluding diaryl/α,β-unsaturated/α-hetero) is 1. The maximum absolute atomic E-state index is 11.9. The highest BCUT2D eigenvalue weighted by Crippen LogP contribution is 2.34. The second kappa shape index (κ2) is 4.24. The molecule has 1 aromatic rings. The summed E-state index contributed by atoms with van der Waals surface area (Å²) in [7, 11) is 0. The van der Waals surface area contributed by atoms with E-state index in [1.807, 2.05) is 6.07 Å². The Labute approximate surface area is 102 Å². The Morgan fingerprint density at radius 3 is 2.71 bits per heavy atom. The van der Waals surface area contributed by atoms with Crippen molar-refractivity contribution in [3.8, 4) is 0 Å². The zero-order chi connectivity index (χ0) is 11.7. The zero-order valence-electron chi connectivity index (χ0n) is 9.98. The molecule has 0 radical (unpaired) electrons. The van der Waals surface area contributed by atoms with E-state index in [4.69, 9.17) is 0 Å². The van der Waals surface area contributed by atoms with E-state index in [1.165, 1.54) is 5.56 Å². The molecule has 1 spiro atoms. The number of likely N-dealkylation sites (tertiary alicyclic amines) is 1. The Morgan fingerprint density at radius 2 is 2.00 bits per heavy atom. The fraction of sp³-hybridized carbons (Fsp3) is 0.500. The van der Waals surface area contributed by atoms with Crippen LogP contribution in [0.25, 0.3) is 0 Å². The third-order valence-electron chi connectivity index (χ3n) is 3.89. The number of nitrogens with zero attached hydrogens (tertiary/aromatic N) is 1. The van der Waals surface area contributed by atoms with E-state index in [9.17, 15) is 4.79 Å². The Bertz CT molecular complexity index is 409. The first-order chi connectivity index (χ1) is 8.28. The van der Waals surface area contributed by atoms with Gasteiger partial charge in [-0.25, -0.2) is 0 Å². The lowest BCUT2D eigenvalue weighted by Gasteiger charge is -2.51. The van der Waals surface area contributed by atoms with Gasteiger partial charge in [-0.15, -0.1) is 0 Å². The van der Waals surface area contributed by atoms with Gasteiger partial charge in [0.15, 0.2) is 0 Å². The van der Waals surface area contributed by atoms with Crippen molar-refractivity contribution in [2.45, 2.75) is 13.0 Å². The number of ketones is 1. The van der Waals surface area contributed by atoms with Crippen LogP contribution in [-0.4, -0.2) is 36.9 Å². The lowest BCUT2D eigenvalue weighted by Crippen LogP contribution is -2.66. The highest BCUT2D eigenvalue weighted by atomic mass is 16.1. The topological polar surface area (TPSA) is 32.3 Å². The molecule has 2 aliphatic rings. The van der Waals surface area contributed by atoms with Gasteiger partial charge in [0.2, 0.25) is 0 Å². The molecule has 17 heavy (non-hydrogen) atoms. The molecular formula is C14H18N2O. The van der Waals surface area contributed by atoms with Crippen molar-refractivity contribution in [2.75, 3.05) is 26.2 Å². The summed E-state index contributed by atoms with van der Waals surface area (Å²) in [5.41, 5.74) is 1.27. The Hall–Kier alpha value is -1.19. The number of hydrogen-bond donors (Lipinski definition) is 1. The number of nitrogens with one attached hydrogen (secondary N) is 1. The van der Waals surface area contributed by atoms with Crippen molar-refractivity contribution in [1.29, 1.82) is 0 Å². The second-order valence-corrected chi connectivity index (χ2v) is 5.26. The van der Waals surface area contributed by atoms with Crippen molar-refractivity contribution in [2.24, 2.45) is 5.41 Å². The fourth-order valence-corrected chi connectivity index (χ4v) is 2.94. The molecule has 0 bridgehead atoms. The van der Waals surface area contributed by atoms with Crippen molar-refractivity contribution >= 4 is 5.78 Å². The lowest BCUT2D eigenvalue weighted by atomic mass is 9.73. The zero-order valence-corrected chi connectivity index (χ0v) is 9.98. The quantitative estimate of drug-likeness (QED) is 0.824. The summed E-state index contributed by atoms with van der Waals surface area (Å²) in [6, 6.07) is 10.5. The molecule has 3 rings (SSSR count). The highest BCUT2D eigenvalue weighted by molar-refractivity contribution is 5.87. The molecule has 2 aliphatic heterocycles. The summed E-state index contributed by atoms with van der Waals surface area (Å²) in [5.74, 6) is 0.459. The largest absolute Gasteiger partial charge is 0.315 e. The van der Waals surface area contributed by atoms with Crippen LogP contribution in [0.1, 0.15) is 12.0 Å². The molecule has 3 heteroatoms. The molecule has 1 aromatic carbocycles. The molecule has 0 unspecified atom stereocenters. The van der Waals surface area contributed by atoms with Gasteiger partial charge in [0.1, 0.15) is 5.78 Å². The van der Waals surface area contributed by atoms with Crippen LogP contribution in [0.15, 0.2) is 30.3 Å². The van der Waals surface area contributed by atoms with Gasteiger partial charge in [-0.1, -0.05) is 30.3 Å². The van der Waals surface area contributed by atoms with E-state index in [0.29, 0.717) is 12.2 Å². The SMILES string of the molecule is O=C1CCNCC12CN(Cc1ccccc1)C2. The first-order valence-corrected chi connectivity index (χ1v) is 6.29.